The minimum absolute atomic E-state index is 0.0898. The van der Waals surface area contributed by atoms with E-state index in [-0.39, 0.29) is 6.61 Å². The molecule has 1 aromatic rings. The average Bonchev–Trinajstić information content (AvgIpc) is 2.43. The topological polar surface area (TPSA) is 117 Å². The van der Waals surface area contributed by atoms with Crippen LogP contribution in [0.5, 0.6) is 0 Å². The van der Waals surface area contributed by atoms with Crippen LogP contribution < -0.4 is 11.1 Å². The number of nitrogens with one attached hydrogen (secondary N) is 1. The molecular weight excluding hydrogens is 268 g/mol. The summed E-state index contributed by atoms with van der Waals surface area (Å²) >= 11 is 0. The Hall–Kier alpha value is -2.77. The van der Waals surface area contributed by atoms with Crippen molar-refractivity contribution >= 4 is 18.2 Å². The number of alkyl carbamates (subject to hydrolysis) is 1. The van der Waals surface area contributed by atoms with Crippen LogP contribution in [0.4, 0.5) is 9.59 Å². The molecule has 108 valence electrons. The number of nitrogens with two attached hydrogens (primary N) is 1. The highest BCUT2D eigenvalue weighted by Gasteiger charge is 2.08. The lowest BCUT2D eigenvalue weighted by atomic mass is 10.2. The van der Waals surface area contributed by atoms with Gasteiger partial charge in [-0.15, -0.1) is 0 Å². The fraction of sp³-hybridized carbons (Fsp3) is 0.250. The van der Waals surface area contributed by atoms with Crippen molar-refractivity contribution in [1.29, 1.82) is 0 Å². The highest BCUT2D eigenvalue weighted by molar-refractivity contribution is 5.77. The van der Waals surface area contributed by atoms with E-state index in [9.17, 15) is 14.4 Å². The SMILES string of the molecule is NC(=O)OCOC(=O)CNC(=O)OCc1ccccc1. The van der Waals surface area contributed by atoms with E-state index in [0.717, 1.165) is 5.56 Å². The largest absolute Gasteiger partial charge is 0.445 e. The summed E-state index contributed by atoms with van der Waals surface area (Å²) in [5.41, 5.74) is 5.47. The highest BCUT2D eigenvalue weighted by Crippen LogP contribution is 2.00. The number of amides is 2. The molecule has 3 N–H and O–H groups in total. The third-order valence-corrected chi connectivity index (χ3v) is 2.01. The molecule has 1 aromatic carbocycles. The van der Waals surface area contributed by atoms with Crippen LogP contribution in [0.15, 0.2) is 30.3 Å². The minimum Gasteiger partial charge on any atom is -0.445 e. The van der Waals surface area contributed by atoms with E-state index in [1.54, 1.807) is 12.1 Å². The standard InChI is InChI=1S/C12H14N2O6/c13-11(16)20-8-19-10(15)6-14-12(17)18-7-9-4-2-1-3-5-9/h1-5H,6-8H2,(H2,13,16)(H,14,17). The zero-order chi connectivity index (χ0) is 14.8. The van der Waals surface area contributed by atoms with Gasteiger partial charge in [0.1, 0.15) is 13.2 Å². The molecule has 0 unspecified atom stereocenters. The number of primary amides is 1. The zero-order valence-electron chi connectivity index (χ0n) is 10.5. The number of hydrogen-bond acceptors (Lipinski definition) is 6. The molecule has 8 nitrogen and oxygen atoms in total. The third-order valence-electron chi connectivity index (χ3n) is 2.01. The Morgan fingerprint density at radius 1 is 1.05 bits per heavy atom. The Morgan fingerprint density at radius 3 is 2.40 bits per heavy atom. The number of benzene rings is 1. The summed E-state index contributed by atoms with van der Waals surface area (Å²) in [5.74, 6) is -0.789. The second kappa shape index (κ2) is 8.35. The predicted molar refractivity (Wildman–Crippen MR) is 66.3 cm³/mol. The number of esters is 1. The first-order valence-corrected chi connectivity index (χ1v) is 5.60. The van der Waals surface area contributed by atoms with Gasteiger partial charge in [0.05, 0.1) is 0 Å². The maximum absolute atomic E-state index is 11.3. The summed E-state index contributed by atoms with van der Waals surface area (Å²) in [5, 5.41) is 2.18. The molecule has 0 atom stereocenters. The zero-order valence-corrected chi connectivity index (χ0v) is 10.5. The molecule has 2 amide bonds. The fourth-order valence-corrected chi connectivity index (χ4v) is 1.12. The molecule has 0 saturated heterocycles. The van der Waals surface area contributed by atoms with E-state index in [0.29, 0.717) is 0 Å². The molecule has 0 saturated carbocycles. The summed E-state index contributed by atoms with van der Waals surface area (Å²) in [4.78, 5) is 32.5. The molecule has 0 aliphatic heterocycles. The number of ether oxygens (including phenoxy) is 3. The quantitative estimate of drug-likeness (QED) is 0.580. The second-order valence-corrected chi connectivity index (χ2v) is 3.51. The maximum Gasteiger partial charge on any atom is 0.407 e. The Kier molecular flexibility index (Phi) is 6.38. The van der Waals surface area contributed by atoms with Gasteiger partial charge in [0.15, 0.2) is 0 Å². The van der Waals surface area contributed by atoms with E-state index in [1.807, 2.05) is 18.2 Å². The van der Waals surface area contributed by atoms with Crippen molar-refractivity contribution in [2.75, 3.05) is 13.3 Å². The molecule has 8 heteroatoms. The summed E-state index contributed by atoms with van der Waals surface area (Å²) in [6.45, 7) is -0.919. The lowest BCUT2D eigenvalue weighted by Crippen LogP contribution is -2.31. The second-order valence-electron chi connectivity index (χ2n) is 3.51. The van der Waals surface area contributed by atoms with E-state index in [1.165, 1.54) is 0 Å². The van der Waals surface area contributed by atoms with Crippen molar-refractivity contribution in [3.63, 3.8) is 0 Å². The van der Waals surface area contributed by atoms with Gasteiger partial charge >= 0.3 is 18.2 Å². The van der Waals surface area contributed by atoms with Gasteiger partial charge in [-0.05, 0) is 5.56 Å². The molecule has 20 heavy (non-hydrogen) atoms. The van der Waals surface area contributed by atoms with Crippen LogP contribution in [0.1, 0.15) is 5.56 Å². The molecule has 0 fully saturated rings. The molecular formula is C12H14N2O6. The molecule has 0 aromatic heterocycles. The summed E-state index contributed by atoms with van der Waals surface area (Å²) in [7, 11) is 0. The monoisotopic (exact) mass is 282 g/mol. The van der Waals surface area contributed by atoms with Gasteiger partial charge in [-0.1, -0.05) is 30.3 Å². The fourth-order valence-electron chi connectivity index (χ4n) is 1.12. The van der Waals surface area contributed by atoms with Crippen LogP contribution in [-0.2, 0) is 25.6 Å². The van der Waals surface area contributed by atoms with Crippen molar-refractivity contribution in [1.82, 2.24) is 5.32 Å². The Bertz CT molecular complexity index is 462. The normalized spacial score (nSPS) is 9.40. The van der Waals surface area contributed by atoms with Crippen LogP contribution in [0.25, 0.3) is 0 Å². The molecule has 0 bridgehead atoms. The van der Waals surface area contributed by atoms with Crippen molar-refractivity contribution < 1.29 is 28.6 Å². The van der Waals surface area contributed by atoms with Crippen LogP contribution in [0.3, 0.4) is 0 Å². The number of hydrogen-bond donors (Lipinski definition) is 2. The first kappa shape index (κ1) is 15.3. The Morgan fingerprint density at radius 2 is 1.75 bits per heavy atom. The average molecular weight is 282 g/mol. The maximum atomic E-state index is 11.3. The summed E-state index contributed by atoms with van der Waals surface area (Å²) < 4.78 is 13.5. The van der Waals surface area contributed by atoms with Crippen molar-refractivity contribution in [3.05, 3.63) is 35.9 Å². The lowest BCUT2D eigenvalue weighted by Gasteiger charge is -2.07. The number of carbonyl (C=O) groups excluding carboxylic acids is 3. The lowest BCUT2D eigenvalue weighted by molar-refractivity contribution is -0.150. The van der Waals surface area contributed by atoms with Gasteiger partial charge in [-0.3, -0.25) is 4.79 Å². The predicted octanol–water partition coefficient (Wildman–Crippen LogP) is 0.509. The minimum atomic E-state index is -1.06. The van der Waals surface area contributed by atoms with Gasteiger partial charge in [0.25, 0.3) is 0 Å². The highest BCUT2D eigenvalue weighted by atomic mass is 16.7. The van der Waals surface area contributed by atoms with Gasteiger partial charge in [0.2, 0.25) is 6.79 Å². The summed E-state index contributed by atoms with van der Waals surface area (Å²) in [6, 6.07) is 9.05. The van der Waals surface area contributed by atoms with Crippen molar-refractivity contribution in [2.24, 2.45) is 5.73 Å². The Balaban J connectivity index is 2.13. The van der Waals surface area contributed by atoms with E-state index in [4.69, 9.17) is 4.74 Å². The third kappa shape index (κ3) is 6.84. The van der Waals surface area contributed by atoms with Gasteiger partial charge < -0.3 is 25.3 Å². The Labute approximate surface area is 114 Å². The van der Waals surface area contributed by atoms with Crippen LogP contribution in [-0.4, -0.2) is 31.5 Å². The van der Waals surface area contributed by atoms with Gasteiger partial charge in [-0.25, -0.2) is 9.59 Å². The number of carbonyl (C=O) groups is 3. The first-order chi connectivity index (χ1) is 9.58. The molecule has 0 radical (unpaired) electrons. The molecule has 0 spiro atoms. The van der Waals surface area contributed by atoms with E-state index < -0.39 is 31.5 Å². The summed E-state index contributed by atoms with van der Waals surface area (Å²) in [6.07, 6.45) is -1.82. The van der Waals surface area contributed by atoms with E-state index in [2.05, 4.69) is 20.5 Å². The van der Waals surface area contributed by atoms with E-state index >= 15 is 0 Å². The molecule has 0 aliphatic rings. The van der Waals surface area contributed by atoms with Gasteiger partial charge in [-0.2, -0.15) is 0 Å². The van der Waals surface area contributed by atoms with Crippen LogP contribution >= 0.6 is 0 Å². The van der Waals surface area contributed by atoms with Crippen molar-refractivity contribution in [3.8, 4) is 0 Å². The van der Waals surface area contributed by atoms with Gasteiger partial charge in [0, 0.05) is 0 Å². The smallest absolute Gasteiger partial charge is 0.407 e. The van der Waals surface area contributed by atoms with Crippen LogP contribution in [0, 0.1) is 0 Å². The first-order valence-electron chi connectivity index (χ1n) is 5.60. The number of rotatable bonds is 6. The molecule has 0 heterocycles. The molecule has 1 rings (SSSR count). The van der Waals surface area contributed by atoms with Crippen LogP contribution in [0.2, 0.25) is 0 Å². The molecule has 0 aliphatic carbocycles. The van der Waals surface area contributed by atoms with Crippen molar-refractivity contribution in [2.45, 2.75) is 6.61 Å².